The summed E-state index contributed by atoms with van der Waals surface area (Å²) in [5.74, 6) is 0.0570. The number of hydrogen-bond donors (Lipinski definition) is 0. The number of nitrogens with zero attached hydrogens (tertiary/aromatic N) is 1. The monoisotopic (exact) mass is 690 g/mol. The SMILES string of the molecule is CCCCCCCCCCCCCCN(CCCCCCCCCCCCCC)S(=O)(=O)CCOCCC(C)(C)OCC(C)(C)OC. The van der Waals surface area contributed by atoms with E-state index in [9.17, 15) is 8.42 Å². The quantitative estimate of drug-likeness (QED) is 0.0607. The van der Waals surface area contributed by atoms with Gasteiger partial charge in [-0.1, -0.05) is 155 Å². The fraction of sp³-hybridized carbons (Fsp3) is 1.00. The molecule has 0 saturated carbocycles. The first-order chi connectivity index (χ1) is 22.5. The first kappa shape index (κ1) is 46.8. The molecule has 0 N–H and O–H groups in total. The molecule has 0 rings (SSSR count). The van der Waals surface area contributed by atoms with Crippen molar-refractivity contribution in [2.24, 2.45) is 0 Å². The van der Waals surface area contributed by atoms with Gasteiger partial charge in [-0.25, -0.2) is 12.7 Å². The van der Waals surface area contributed by atoms with Crippen molar-refractivity contribution in [1.29, 1.82) is 0 Å². The van der Waals surface area contributed by atoms with Crippen LogP contribution in [0.4, 0.5) is 0 Å². The normalized spacial score (nSPS) is 12.9. The molecule has 284 valence electrons. The third kappa shape index (κ3) is 30.3. The van der Waals surface area contributed by atoms with Gasteiger partial charge in [0.15, 0.2) is 0 Å². The van der Waals surface area contributed by atoms with Gasteiger partial charge in [-0.2, -0.15) is 0 Å². The molecule has 0 saturated heterocycles. The van der Waals surface area contributed by atoms with Crippen molar-refractivity contribution in [3.8, 4) is 0 Å². The minimum Gasteiger partial charge on any atom is -0.380 e. The van der Waals surface area contributed by atoms with Gasteiger partial charge in [0, 0.05) is 26.8 Å². The van der Waals surface area contributed by atoms with E-state index in [1.54, 1.807) is 11.4 Å². The molecule has 0 unspecified atom stereocenters. The molecule has 6 nitrogen and oxygen atoms in total. The van der Waals surface area contributed by atoms with Crippen LogP contribution in [0, 0.1) is 0 Å². The molecule has 0 spiro atoms. The van der Waals surface area contributed by atoms with Crippen LogP contribution < -0.4 is 0 Å². The van der Waals surface area contributed by atoms with E-state index in [1.165, 1.54) is 128 Å². The second-order valence-corrected chi connectivity index (χ2v) is 17.5. The van der Waals surface area contributed by atoms with Crippen LogP contribution in [0.2, 0.25) is 0 Å². The fourth-order valence-electron chi connectivity index (χ4n) is 5.86. The van der Waals surface area contributed by atoms with Gasteiger partial charge in [-0.15, -0.1) is 0 Å². The van der Waals surface area contributed by atoms with Crippen LogP contribution in [-0.4, -0.2) is 69.7 Å². The molecule has 0 aliphatic rings. The zero-order valence-corrected chi connectivity index (χ0v) is 33.6. The van der Waals surface area contributed by atoms with Crippen LogP contribution >= 0.6 is 0 Å². The first-order valence-electron chi connectivity index (χ1n) is 20.2. The van der Waals surface area contributed by atoms with Crippen molar-refractivity contribution in [1.82, 2.24) is 4.31 Å². The van der Waals surface area contributed by atoms with Crippen LogP contribution in [0.3, 0.4) is 0 Å². The Labute approximate surface area is 295 Å². The summed E-state index contributed by atoms with van der Waals surface area (Å²) in [5, 5.41) is 0. The number of unbranched alkanes of at least 4 members (excludes halogenated alkanes) is 22. The molecule has 0 atom stereocenters. The maximum atomic E-state index is 13.4. The molecule has 0 aromatic heterocycles. The van der Waals surface area contributed by atoms with Crippen molar-refractivity contribution in [3.05, 3.63) is 0 Å². The van der Waals surface area contributed by atoms with Gasteiger partial charge in [0.1, 0.15) is 0 Å². The maximum absolute atomic E-state index is 13.4. The number of rotatable bonds is 37. The van der Waals surface area contributed by atoms with Crippen LogP contribution in [-0.2, 0) is 24.2 Å². The van der Waals surface area contributed by atoms with Gasteiger partial charge >= 0.3 is 0 Å². The van der Waals surface area contributed by atoms with Gasteiger partial charge in [-0.3, -0.25) is 0 Å². The van der Waals surface area contributed by atoms with Crippen molar-refractivity contribution in [2.45, 2.75) is 213 Å². The van der Waals surface area contributed by atoms with Crippen LogP contribution in [0.1, 0.15) is 202 Å². The van der Waals surface area contributed by atoms with Gasteiger partial charge in [-0.05, 0) is 47.0 Å². The van der Waals surface area contributed by atoms with Gasteiger partial charge in [0.05, 0.1) is 30.2 Å². The Morgan fingerprint density at radius 1 is 0.511 bits per heavy atom. The molecular formula is C40H83NO5S. The summed E-state index contributed by atoms with van der Waals surface area (Å²) < 4.78 is 45.9. The predicted molar refractivity (Wildman–Crippen MR) is 204 cm³/mol. The van der Waals surface area contributed by atoms with Gasteiger partial charge < -0.3 is 14.2 Å². The molecule has 0 bridgehead atoms. The average Bonchev–Trinajstić information content (AvgIpc) is 3.03. The van der Waals surface area contributed by atoms with E-state index in [-0.39, 0.29) is 23.6 Å². The molecule has 0 heterocycles. The molecule has 0 aliphatic carbocycles. The largest absolute Gasteiger partial charge is 0.380 e. The molecular weight excluding hydrogens is 607 g/mol. The van der Waals surface area contributed by atoms with Crippen molar-refractivity contribution >= 4 is 10.0 Å². The standard InChI is InChI=1S/C40H83NO5S/c1-8-10-12-14-16-18-20-22-24-26-28-30-33-41(34-31-29-27-25-23-21-19-17-15-13-11-9-2)47(42,43)37-36-45-35-32-39(3,4)46-38-40(5,6)44-7/h8-38H2,1-7H3. The first-order valence-corrected chi connectivity index (χ1v) is 21.9. The molecule has 0 aromatic rings. The molecule has 7 heteroatoms. The zero-order valence-electron chi connectivity index (χ0n) is 32.8. The predicted octanol–water partition coefficient (Wildman–Crippen LogP) is 11.6. The molecule has 0 amide bonds. The van der Waals surface area contributed by atoms with Crippen LogP contribution in [0.15, 0.2) is 0 Å². The highest BCUT2D eigenvalue weighted by Gasteiger charge is 2.25. The molecule has 0 aliphatic heterocycles. The van der Waals surface area contributed by atoms with E-state index >= 15 is 0 Å². The summed E-state index contributed by atoms with van der Waals surface area (Å²) in [6, 6.07) is 0. The number of sulfonamides is 1. The van der Waals surface area contributed by atoms with Crippen LogP contribution in [0.5, 0.6) is 0 Å². The van der Waals surface area contributed by atoms with Crippen LogP contribution in [0.25, 0.3) is 0 Å². The highest BCUT2D eigenvalue weighted by Crippen LogP contribution is 2.19. The highest BCUT2D eigenvalue weighted by molar-refractivity contribution is 7.89. The summed E-state index contributed by atoms with van der Waals surface area (Å²) in [5.41, 5.74) is -0.694. The van der Waals surface area contributed by atoms with Crippen molar-refractivity contribution in [2.75, 3.05) is 45.8 Å². The lowest BCUT2D eigenvalue weighted by atomic mass is 10.0. The summed E-state index contributed by atoms with van der Waals surface area (Å²) in [6.45, 7) is 15.1. The summed E-state index contributed by atoms with van der Waals surface area (Å²) in [4.78, 5) is 0. The van der Waals surface area contributed by atoms with E-state index < -0.39 is 10.0 Å². The number of methoxy groups -OCH3 is 1. The number of ether oxygens (including phenoxy) is 3. The zero-order chi connectivity index (χ0) is 35.1. The van der Waals surface area contributed by atoms with E-state index in [1.807, 2.05) is 27.7 Å². The van der Waals surface area contributed by atoms with Gasteiger partial charge in [0.25, 0.3) is 0 Å². The number of hydrogen-bond acceptors (Lipinski definition) is 5. The van der Waals surface area contributed by atoms with Crippen molar-refractivity contribution in [3.63, 3.8) is 0 Å². The summed E-state index contributed by atoms with van der Waals surface area (Å²) in [7, 11) is -1.65. The average molecular weight is 690 g/mol. The molecule has 0 aromatic carbocycles. The minimum atomic E-state index is -3.34. The molecule has 47 heavy (non-hydrogen) atoms. The topological polar surface area (TPSA) is 65.1 Å². The molecule has 0 fully saturated rings. The third-order valence-corrected chi connectivity index (χ3v) is 11.4. The Kier molecular flexibility index (Phi) is 30.5. The Hall–Kier alpha value is -0.210. The summed E-state index contributed by atoms with van der Waals surface area (Å²) >= 11 is 0. The lowest BCUT2D eigenvalue weighted by molar-refractivity contribution is -0.113. The van der Waals surface area contributed by atoms with E-state index in [2.05, 4.69) is 13.8 Å². The van der Waals surface area contributed by atoms with E-state index in [4.69, 9.17) is 14.2 Å². The highest BCUT2D eigenvalue weighted by atomic mass is 32.2. The lowest BCUT2D eigenvalue weighted by Crippen LogP contribution is -2.37. The molecule has 0 radical (unpaired) electrons. The Morgan fingerprint density at radius 2 is 0.872 bits per heavy atom. The minimum absolute atomic E-state index is 0.0570. The second kappa shape index (κ2) is 30.6. The maximum Gasteiger partial charge on any atom is 0.216 e. The lowest BCUT2D eigenvalue weighted by Gasteiger charge is -2.31. The third-order valence-electron chi connectivity index (χ3n) is 9.61. The second-order valence-electron chi connectivity index (χ2n) is 15.4. The smallest absolute Gasteiger partial charge is 0.216 e. The summed E-state index contributed by atoms with van der Waals surface area (Å²) in [6.07, 6.45) is 31.6. The Morgan fingerprint density at radius 3 is 1.23 bits per heavy atom. The van der Waals surface area contributed by atoms with Gasteiger partial charge in [0.2, 0.25) is 10.0 Å². The van der Waals surface area contributed by atoms with E-state index in [0.717, 1.165) is 25.7 Å². The Bertz CT molecular complexity index is 743. The Balaban J connectivity index is 4.48. The van der Waals surface area contributed by atoms with E-state index in [0.29, 0.717) is 32.7 Å². The van der Waals surface area contributed by atoms with Crippen molar-refractivity contribution < 1.29 is 22.6 Å². The fourth-order valence-corrected chi connectivity index (χ4v) is 7.26.